The number of nitrogens with one attached hydrogen (secondary N) is 1. The number of rotatable bonds is 6. The Morgan fingerprint density at radius 1 is 1.14 bits per heavy atom. The predicted octanol–water partition coefficient (Wildman–Crippen LogP) is 3.73. The molecule has 0 atom stereocenters. The lowest BCUT2D eigenvalue weighted by atomic mass is 10.1. The molecule has 0 aliphatic carbocycles. The Bertz CT molecular complexity index is 597. The number of benzene rings is 1. The van der Waals surface area contributed by atoms with E-state index in [4.69, 9.17) is 9.47 Å². The van der Waals surface area contributed by atoms with Gasteiger partial charge in [-0.2, -0.15) is 0 Å². The molecule has 0 radical (unpaired) electrons. The zero-order chi connectivity index (χ0) is 15.2. The highest BCUT2D eigenvalue weighted by Crippen LogP contribution is 2.31. The van der Waals surface area contributed by atoms with Crippen molar-refractivity contribution >= 4 is 0 Å². The van der Waals surface area contributed by atoms with E-state index >= 15 is 0 Å². The normalized spacial score (nSPS) is 10.7. The van der Waals surface area contributed by atoms with E-state index in [1.54, 1.807) is 7.11 Å². The van der Waals surface area contributed by atoms with Crippen molar-refractivity contribution in [2.45, 2.75) is 26.3 Å². The molecule has 0 bridgehead atoms. The van der Waals surface area contributed by atoms with Crippen LogP contribution in [-0.2, 0) is 6.54 Å². The van der Waals surface area contributed by atoms with Gasteiger partial charge in [0, 0.05) is 18.3 Å². The predicted molar refractivity (Wildman–Crippen MR) is 84.2 cm³/mol. The van der Waals surface area contributed by atoms with Crippen molar-refractivity contribution in [3.8, 4) is 17.4 Å². The van der Waals surface area contributed by atoms with Crippen LogP contribution < -0.4 is 14.8 Å². The third kappa shape index (κ3) is 3.95. The molecule has 1 aromatic carbocycles. The van der Waals surface area contributed by atoms with E-state index in [1.165, 1.54) is 0 Å². The third-order valence-corrected chi connectivity index (χ3v) is 3.14. The molecule has 4 heteroatoms. The van der Waals surface area contributed by atoms with Crippen molar-refractivity contribution in [3.05, 3.63) is 47.7 Å². The van der Waals surface area contributed by atoms with Gasteiger partial charge in [0.15, 0.2) is 11.5 Å². The van der Waals surface area contributed by atoms with Crippen LogP contribution in [0.4, 0.5) is 0 Å². The summed E-state index contributed by atoms with van der Waals surface area (Å²) in [7, 11) is 3.56. The number of nitrogens with zero attached hydrogens (tertiary/aromatic N) is 1. The van der Waals surface area contributed by atoms with Gasteiger partial charge in [0.25, 0.3) is 0 Å². The lowest BCUT2D eigenvalue weighted by Crippen LogP contribution is -2.07. The molecule has 1 N–H and O–H groups in total. The molecule has 2 rings (SSSR count). The first-order valence-corrected chi connectivity index (χ1v) is 7.10. The van der Waals surface area contributed by atoms with E-state index in [2.05, 4.69) is 30.2 Å². The standard InChI is InChI=1S/C17H22N2O2/c1-12(2)14-9-13(11-18-3)10-17(19-14)21-16-8-6-5-7-15(16)20-4/h5-10,12,18H,11H2,1-4H3. The van der Waals surface area contributed by atoms with Crippen LogP contribution in [0, 0.1) is 0 Å². The van der Waals surface area contributed by atoms with Gasteiger partial charge in [0.2, 0.25) is 5.88 Å². The topological polar surface area (TPSA) is 43.4 Å². The highest BCUT2D eigenvalue weighted by atomic mass is 16.5. The van der Waals surface area contributed by atoms with Gasteiger partial charge in [0.1, 0.15) is 0 Å². The minimum atomic E-state index is 0.349. The van der Waals surface area contributed by atoms with Gasteiger partial charge < -0.3 is 14.8 Å². The lowest BCUT2D eigenvalue weighted by Gasteiger charge is -2.13. The molecule has 0 aliphatic heterocycles. The first-order chi connectivity index (χ1) is 10.1. The Hall–Kier alpha value is -2.07. The Kier molecular flexibility index (Phi) is 5.17. The van der Waals surface area contributed by atoms with Gasteiger partial charge >= 0.3 is 0 Å². The maximum absolute atomic E-state index is 5.91. The van der Waals surface area contributed by atoms with Crippen molar-refractivity contribution in [2.75, 3.05) is 14.2 Å². The Morgan fingerprint density at radius 3 is 2.48 bits per heavy atom. The molecule has 0 saturated carbocycles. The van der Waals surface area contributed by atoms with Crippen molar-refractivity contribution < 1.29 is 9.47 Å². The second-order valence-electron chi connectivity index (χ2n) is 5.18. The van der Waals surface area contributed by atoms with Crippen molar-refractivity contribution in [1.82, 2.24) is 10.3 Å². The lowest BCUT2D eigenvalue weighted by molar-refractivity contribution is 0.373. The Labute approximate surface area is 126 Å². The first-order valence-electron chi connectivity index (χ1n) is 7.10. The maximum Gasteiger partial charge on any atom is 0.219 e. The molecule has 1 heterocycles. The average Bonchev–Trinajstić information content (AvgIpc) is 2.48. The number of ether oxygens (including phenoxy) is 2. The number of methoxy groups -OCH3 is 1. The largest absolute Gasteiger partial charge is 0.493 e. The van der Waals surface area contributed by atoms with Crippen LogP contribution in [0.1, 0.15) is 31.0 Å². The van der Waals surface area contributed by atoms with Gasteiger partial charge in [-0.3, -0.25) is 0 Å². The second kappa shape index (κ2) is 7.09. The number of hydrogen-bond acceptors (Lipinski definition) is 4. The van der Waals surface area contributed by atoms with E-state index in [-0.39, 0.29) is 0 Å². The van der Waals surface area contributed by atoms with Gasteiger partial charge in [-0.15, -0.1) is 0 Å². The Balaban J connectivity index is 2.34. The molecule has 0 saturated heterocycles. The monoisotopic (exact) mass is 286 g/mol. The fraction of sp³-hybridized carbons (Fsp3) is 0.353. The zero-order valence-corrected chi connectivity index (χ0v) is 13.0. The summed E-state index contributed by atoms with van der Waals surface area (Å²) in [6.07, 6.45) is 0. The molecule has 0 amide bonds. The van der Waals surface area contributed by atoms with Crippen molar-refractivity contribution in [2.24, 2.45) is 0 Å². The quantitative estimate of drug-likeness (QED) is 0.879. The molecular formula is C17H22N2O2. The molecule has 0 spiro atoms. The maximum atomic E-state index is 5.91. The molecular weight excluding hydrogens is 264 g/mol. The molecule has 0 fully saturated rings. The second-order valence-corrected chi connectivity index (χ2v) is 5.18. The van der Waals surface area contributed by atoms with Crippen LogP contribution in [0.15, 0.2) is 36.4 Å². The SMILES string of the molecule is CNCc1cc(Oc2ccccc2OC)nc(C(C)C)c1. The fourth-order valence-electron chi connectivity index (χ4n) is 2.05. The van der Waals surface area contributed by atoms with Crippen molar-refractivity contribution in [1.29, 1.82) is 0 Å². The zero-order valence-electron chi connectivity index (χ0n) is 13.0. The van der Waals surface area contributed by atoms with Crippen LogP contribution in [-0.4, -0.2) is 19.1 Å². The number of para-hydroxylation sites is 2. The van der Waals surface area contributed by atoms with Crippen LogP contribution in [0.3, 0.4) is 0 Å². The average molecular weight is 286 g/mol. The third-order valence-electron chi connectivity index (χ3n) is 3.14. The first kappa shape index (κ1) is 15.3. The summed E-state index contributed by atoms with van der Waals surface area (Å²) < 4.78 is 11.2. The fourth-order valence-corrected chi connectivity index (χ4v) is 2.05. The summed E-state index contributed by atoms with van der Waals surface area (Å²) in [6.45, 7) is 5.03. The van der Waals surface area contributed by atoms with Crippen LogP contribution in [0.5, 0.6) is 17.4 Å². The molecule has 1 aromatic heterocycles. The molecule has 2 aromatic rings. The van der Waals surface area contributed by atoms with E-state index in [0.717, 1.165) is 17.8 Å². The minimum Gasteiger partial charge on any atom is -0.493 e. The summed E-state index contributed by atoms with van der Waals surface area (Å²) in [6, 6.07) is 11.6. The smallest absolute Gasteiger partial charge is 0.219 e. The number of pyridine rings is 1. The number of aromatic nitrogens is 1. The van der Waals surface area contributed by atoms with Gasteiger partial charge in [0.05, 0.1) is 7.11 Å². The summed E-state index contributed by atoms with van der Waals surface area (Å²) >= 11 is 0. The van der Waals surface area contributed by atoms with Crippen LogP contribution >= 0.6 is 0 Å². The highest BCUT2D eigenvalue weighted by Gasteiger charge is 2.10. The van der Waals surface area contributed by atoms with Gasteiger partial charge in [-0.1, -0.05) is 26.0 Å². The van der Waals surface area contributed by atoms with Gasteiger partial charge in [-0.05, 0) is 36.7 Å². The van der Waals surface area contributed by atoms with E-state index in [0.29, 0.717) is 23.3 Å². The molecule has 0 aliphatic rings. The minimum absolute atomic E-state index is 0.349. The Morgan fingerprint density at radius 2 is 1.86 bits per heavy atom. The molecule has 0 unspecified atom stereocenters. The van der Waals surface area contributed by atoms with E-state index in [1.807, 2.05) is 37.4 Å². The van der Waals surface area contributed by atoms with Crippen LogP contribution in [0.2, 0.25) is 0 Å². The summed E-state index contributed by atoms with van der Waals surface area (Å²) in [5.74, 6) is 2.31. The summed E-state index contributed by atoms with van der Waals surface area (Å²) in [5, 5.41) is 3.16. The van der Waals surface area contributed by atoms with Gasteiger partial charge in [-0.25, -0.2) is 4.98 Å². The highest BCUT2D eigenvalue weighted by molar-refractivity contribution is 5.42. The number of hydrogen-bond donors (Lipinski definition) is 1. The van der Waals surface area contributed by atoms with E-state index < -0.39 is 0 Å². The van der Waals surface area contributed by atoms with Crippen LogP contribution in [0.25, 0.3) is 0 Å². The summed E-state index contributed by atoms with van der Waals surface area (Å²) in [4.78, 5) is 4.58. The van der Waals surface area contributed by atoms with Crippen molar-refractivity contribution in [3.63, 3.8) is 0 Å². The molecule has 21 heavy (non-hydrogen) atoms. The summed E-state index contributed by atoms with van der Waals surface area (Å²) in [5.41, 5.74) is 2.17. The molecule has 4 nitrogen and oxygen atoms in total. The molecule has 112 valence electrons. The van der Waals surface area contributed by atoms with E-state index in [9.17, 15) is 0 Å².